The maximum atomic E-state index is 13.1. The molecule has 7 N–H and O–H groups in total. The highest BCUT2D eigenvalue weighted by molar-refractivity contribution is 7.87. The van der Waals surface area contributed by atoms with Crippen molar-refractivity contribution in [2.24, 2.45) is 10.9 Å². The number of hydrogen-bond acceptors (Lipinski definition) is 8. The summed E-state index contributed by atoms with van der Waals surface area (Å²) < 4.78 is 114. The van der Waals surface area contributed by atoms with Gasteiger partial charge < -0.3 is 25.5 Å². The molecule has 11 nitrogen and oxygen atoms in total. The van der Waals surface area contributed by atoms with Crippen molar-refractivity contribution < 1.29 is 53.5 Å². The Balaban J connectivity index is 1.48. The zero-order valence-corrected chi connectivity index (χ0v) is 25.9. The number of furan rings is 1. The van der Waals surface area contributed by atoms with E-state index in [2.05, 4.69) is 10.6 Å². The van der Waals surface area contributed by atoms with Gasteiger partial charge >= 0.3 is 18.4 Å². The molecule has 0 aliphatic carbocycles. The number of halogens is 6. The van der Waals surface area contributed by atoms with Crippen LogP contribution in [0.1, 0.15) is 58.1 Å². The van der Waals surface area contributed by atoms with Crippen molar-refractivity contribution >= 4 is 38.9 Å². The van der Waals surface area contributed by atoms with E-state index in [0.717, 1.165) is 11.1 Å². The zero-order valence-electron chi connectivity index (χ0n) is 25.1. The van der Waals surface area contributed by atoms with E-state index in [9.17, 15) is 44.3 Å². The van der Waals surface area contributed by atoms with E-state index in [0.29, 0.717) is 40.8 Å². The maximum absolute atomic E-state index is 13.1. The molecule has 0 radical (unpaired) electrons. The highest BCUT2D eigenvalue weighted by atomic mass is 32.2. The lowest BCUT2D eigenvalue weighted by molar-refractivity contribution is -0.143. The Bertz CT molecular complexity index is 1900. The number of fused-ring (bicyclic) bond motifs is 1. The van der Waals surface area contributed by atoms with Gasteiger partial charge in [-0.25, -0.2) is 14.7 Å². The molecular formula is C30H29F6N5O6S. The standard InChI is InChI=1S/C30H29F6N5O6S/c1-3-17-10-19(11-23-15(2)13-46-25(17)23)24(27(42)41-48(38,44)45)39-22-6-4-18(5-7-22)26(37)40-28(43)47-14-16-8-20(29(31,32)33)12-21(9-16)30(34,35)36/h4-13,24,26,39H,3,14,37H2,1-2H3,(H,40,43)(H,41,42)(H2,38,44,45). The number of nitrogens with two attached hydrogens (primary N) is 2. The molecular weight excluding hydrogens is 672 g/mol. The number of hydrogen-bond donors (Lipinski definition) is 5. The average molecular weight is 702 g/mol. The molecule has 18 heteroatoms. The summed E-state index contributed by atoms with van der Waals surface area (Å²) in [5.41, 5.74) is 5.49. The van der Waals surface area contributed by atoms with Gasteiger partial charge in [0, 0.05) is 11.1 Å². The molecule has 1 aromatic heterocycles. The summed E-state index contributed by atoms with van der Waals surface area (Å²) in [6.45, 7) is 2.77. The molecule has 48 heavy (non-hydrogen) atoms. The second kappa shape index (κ2) is 13.7. The number of alkyl halides is 6. The fourth-order valence-corrected chi connectivity index (χ4v) is 5.14. The van der Waals surface area contributed by atoms with E-state index in [4.69, 9.17) is 20.0 Å². The third-order valence-corrected chi connectivity index (χ3v) is 7.54. The third kappa shape index (κ3) is 8.96. The lowest BCUT2D eigenvalue weighted by Crippen LogP contribution is -2.41. The van der Waals surface area contributed by atoms with Gasteiger partial charge in [-0.3, -0.25) is 4.79 Å². The van der Waals surface area contributed by atoms with Crippen LogP contribution in [0.25, 0.3) is 11.0 Å². The summed E-state index contributed by atoms with van der Waals surface area (Å²) in [4.78, 5) is 25.4. The molecule has 0 aliphatic rings. The number of anilines is 1. The van der Waals surface area contributed by atoms with Gasteiger partial charge in [-0.2, -0.15) is 34.8 Å². The summed E-state index contributed by atoms with van der Waals surface area (Å²) >= 11 is 0. The van der Waals surface area contributed by atoms with Crippen LogP contribution in [0.5, 0.6) is 0 Å². The molecule has 1 heterocycles. The van der Waals surface area contributed by atoms with Crippen LogP contribution in [0.2, 0.25) is 0 Å². The predicted molar refractivity (Wildman–Crippen MR) is 161 cm³/mol. The first-order chi connectivity index (χ1) is 22.2. The number of alkyl carbamates (subject to hydrolysis) is 1. The van der Waals surface area contributed by atoms with Crippen molar-refractivity contribution in [2.45, 2.75) is 51.4 Å². The highest BCUT2D eigenvalue weighted by Gasteiger charge is 2.37. The van der Waals surface area contributed by atoms with Crippen LogP contribution in [0.4, 0.5) is 36.8 Å². The van der Waals surface area contributed by atoms with Crippen molar-refractivity contribution in [3.8, 4) is 0 Å². The van der Waals surface area contributed by atoms with E-state index in [1.54, 1.807) is 23.1 Å². The van der Waals surface area contributed by atoms with Gasteiger partial charge in [0.1, 0.15) is 24.4 Å². The topological polar surface area (TPSA) is 179 Å². The molecule has 0 saturated heterocycles. The molecule has 0 spiro atoms. The van der Waals surface area contributed by atoms with E-state index >= 15 is 0 Å². The number of nitrogens with one attached hydrogen (secondary N) is 3. The maximum Gasteiger partial charge on any atom is 0.416 e. The van der Waals surface area contributed by atoms with Gasteiger partial charge in [0.25, 0.3) is 16.1 Å². The van der Waals surface area contributed by atoms with Crippen molar-refractivity contribution in [3.63, 3.8) is 0 Å². The molecule has 2 atom stereocenters. The van der Waals surface area contributed by atoms with Crippen molar-refractivity contribution in [1.82, 2.24) is 10.0 Å². The monoisotopic (exact) mass is 701 g/mol. The molecule has 0 aliphatic heterocycles. The number of carbonyl (C=O) groups excluding carboxylic acids is 2. The van der Waals surface area contributed by atoms with Gasteiger partial charge in [0.2, 0.25) is 0 Å². The van der Waals surface area contributed by atoms with Gasteiger partial charge in [-0.15, -0.1) is 0 Å². The third-order valence-electron chi connectivity index (χ3n) is 7.06. The summed E-state index contributed by atoms with van der Waals surface area (Å²) in [6.07, 6.45) is -10.5. The Kier molecular flexibility index (Phi) is 10.3. The Morgan fingerprint density at radius 3 is 2.08 bits per heavy atom. The van der Waals surface area contributed by atoms with Crippen LogP contribution in [0.3, 0.4) is 0 Å². The van der Waals surface area contributed by atoms with Crippen LogP contribution >= 0.6 is 0 Å². The van der Waals surface area contributed by atoms with Crippen molar-refractivity contribution in [1.29, 1.82) is 0 Å². The normalized spacial score (nSPS) is 13.5. The SMILES string of the molecule is CCc1cc(C(Nc2ccc(C(N)NC(=O)OCc3cc(C(F)(F)F)cc(C(F)(F)F)c3)cc2)C(=O)NS(N)(=O)=O)cc2c(C)coc12. The van der Waals surface area contributed by atoms with Crippen molar-refractivity contribution in [3.05, 3.63) is 99.8 Å². The highest BCUT2D eigenvalue weighted by Crippen LogP contribution is 2.36. The summed E-state index contributed by atoms with van der Waals surface area (Å²) in [6, 6.07) is 8.72. The first kappa shape index (κ1) is 36.0. The second-order valence-corrected chi connectivity index (χ2v) is 11.9. The molecule has 4 rings (SSSR count). The number of rotatable bonds is 10. The van der Waals surface area contributed by atoms with Gasteiger partial charge in [-0.05, 0) is 83.6 Å². The van der Waals surface area contributed by atoms with Crippen LogP contribution < -0.4 is 26.2 Å². The van der Waals surface area contributed by atoms with E-state index in [1.807, 2.05) is 13.8 Å². The Morgan fingerprint density at radius 2 is 1.54 bits per heavy atom. The Hall–Kier alpha value is -4.81. The Morgan fingerprint density at radius 1 is 0.938 bits per heavy atom. The predicted octanol–water partition coefficient (Wildman–Crippen LogP) is 5.70. The number of amides is 2. The van der Waals surface area contributed by atoms with Gasteiger partial charge in [0.05, 0.1) is 17.4 Å². The minimum atomic E-state index is -5.07. The summed E-state index contributed by atoms with van der Waals surface area (Å²) in [7, 11) is -4.42. The molecule has 2 unspecified atom stereocenters. The number of carbonyl (C=O) groups is 2. The first-order valence-corrected chi connectivity index (χ1v) is 15.5. The summed E-state index contributed by atoms with van der Waals surface area (Å²) in [5.74, 6) is -0.978. The van der Waals surface area contributed by atoms with Crippen LogP contribution in [-0.2, 0) is 45.1 Å². The fraction of sp³-hybridized carbons (Fsp3) is 0.267. The van der Waals surface area contributed by atoms with E-state index in [-0.39, 0.29) is 11.6 Å². The molecule has 0 fully saturated rings. The smallest absolute Gasteiger partial charge is 0.416 e. The number of aryl methyl sites for hydroxylation is 2. The van der Waals surface area contributed by atoms with Crippen molar-refractivity contribution in [2.75, 3.05) is 5.32 Å². The number of ether oxygens (including phenoxy) is 1. The molecule has 2 amide bonds. The first-order valence-electron chi connectivity index (χ1n) is 13.9. The fourth-order valence-electron chi connectivity index (χ4n) is 4.74. The quantitative estimate of drug-likeness (QED) is 0.103. The van der Waals surface area contributed by atoms with E-state index in [1.165, 1.54) is 24.3 Å². The largest absolute Gasteiger partial charge is 0.464 e. The average Bonchev–Trinajstić information content (AvgIpc) is 3.37. The summed E-state index contributed by atoms with van der Waals surface area (Å²) in [5, 5.41) is 10.9. The van der Waals surface area contributed by atoms with Crippen LogP contribution in [-0.4, -0.2) is 20.4 Å². The van der Waals surface area contributed by atoms with Crippen LogP contribution in [0.15, 0.2) is 65.3 Å². The molecule has 258 valence electrons. The number of benzene rings is 3. The van der Waals surface area contributed by atoms with Gasteiger partial charge in [0.15, 0.2) is 0 Å². The van der Waals surface area contributed by atoms with Crippen LogP contribution in [0, 0.1) is 6.92 Å². The molecule has 0 saturated carbocycles. The van der Waals surface area contributed by atoms with Gasteiger partial charge in [-0.1, -0.05) is 19.1 Å². The molecule has 3 aromatic carbocycles. The minimum absolute atomic E-state index is 0.0475. The van der Waals surface area contributed by atoms with E-state index < -0.39 is 70.1 Å². The second-order valence-electron chi connectivity index (χ2n) is 10.7. The lowest BCUT2D eigenvalue weighted by atomic mass is 9.98. The lowest BCUT2D eigenvalue weighted by Gasteiger charge is -2.21. The minimum Gasteiger partial charge on any atom is -0.464 e. The Labute approximate surface area is 269 Å². The molecule has 0 bridgehead atoms. The molecule has 4 aromatic rings. The zero-order chi connectivity index (χ0) is 35.6.